The second-order valence-electron chi connectivity index (χ2n) is 7.37. The second-order valence-corrected chi connectivity index (χ2v) is 9.63. The summed E-state index contributed by atoms with van der Waals surface area (Å²) in [7, 11) is -3.06. The molecule has 0 aromatic carbocycles. The minimum absolute atomic E-state index is 0.0513. The number of nitrogens with zero attached hydrogens (tertiary/aromatic N) is 3. The SMILES string of the molecule is CCS(=O)(=O)N1CC(CNc2ccc(C(=O)N3CCC(C)CC3)cn2)C1. The molecule has 2 saturated heterocycles. The summed E-state index contributed by atoms with van der Waals surface area (Å²) in [4.78, 5) is 18.7. The van der Waals surface area contributed by atoms with Gasteiger partial charge < -0.3 is 10.2 Å². The summed E-state index contributed by atoms with van der Waals surface area (Å²) in [5.74, 6) is 1.91. The minimum Gasteiger partial charge on any atom is -0.370 e. The number of aromatic nitrogens is 1. The monoisotopic (exact) mass is 380 g/mol. The summed E-state index contributed by atoms with van der Waals surface area (Å²) in [6, 6.07) is 3.63. The quantitative estimate of drug-likeness (QED) is 0.811. The van der Waals surface area contributed by atoms with Crippen LogP contribution in [0.1, 0.15) is 37.0 Å². The molecule has 8 heteroatoms. The van der Waals surface area contributed by atoms with Crippen LogP contribution in [0.3, 0.4) is 0 Å². The number of rotatable bonds is 6. The highest BCUT2D eigenvalue weighted by Gasteiger charge is 2.34. The molecule has 1 amide bonds. The fraction of sp³-hybridized carbons (Fsp3) is 0.667. The van der Waals surface area contributed by atoms with Gasteiger partial charge in [-0.1, -0.05) is 6.92 Å². The third kappa shape index (κ3) is 4.35. The molecule has 0 atom stereocenters. The highest BCUT2D eigenvalue weighted by Crippen LogP contribution is 2.21. The smallest absolute Gasteiger partial charge is 0.255 e. The number of sulfonamides is 1. The Morgan fingerprint density at radius 3 is 2.54 bits per heavy atom. The fourth-order valence-electron chi connectivity index (χ4n) is 3.33. The molecule has 26 heavy (non-hydrogen) atoms. The van der Waals surface area contributed by atoms with Crippen molar-refractivity contribution in [2.45, 2.75) is 26.7 Å². The average Bonchev–Trinajstić information content (AvgIpc) is 2.61. The van der Waals surface area contributed by atoms with Crippen LogP contribution in [0.15, 0.2) is 18.3 Å². The largest absolute Gasteiger partial charge is 0.370 e. The summed E-state index contributed by atoms with van der Waals surface area (Å²) in [6.45, 7) is 7.33. The van der Waals surface area contributed by atoms with E-state index in [9.17, 15) is 13.2 Å². The van der Waals surface area contributed by atoms with Gasteiger partial charge in [0.25, 0.3) is 5.91 Å². The van der Waals surface area contributed by atoms with Crippen molar-refractivity contribution in [3.05, 3.63) is 23.9 Å². The van der Waals surface area contributed by atoms with E-state index in [2.05, 4.69) is 17.2 Å². The Balaban J connectivity index is 1.46. The number of hydrogen-bond acceptors (Lipinski definition) is 5. The summed E-state index contributed by atoms with van der Waals surface area (Å²) in [6.07, 6.45) is 3.74. The molecule has 0 aliphatic carbocycles. The van der Waals surface area contributed by atoms with E-state index in [1.165, 1.54) is 4.31 Å². The molecule has 0 radical (unpaired) electrons. The number of nitrogens with one attached hydrogen (secondary N) is 1. The molecule has 0 unspecified atom stereocenters. The number of carbonyl (C=O) groups is 1. The first-order chi connectivity index (χ1) is 12.4. The van der Waals surface area contributed by atoms with Gasteiger partial charge in [-0.15, -0.1) is 0 Å². The number of carbonyl (C=O) groups excluding carboxylic acids is 1. The van der Waals surface area contributed by atoms with Crippen molar-refractivity contribution in [3.63, 3.8) is 0 Å². The topological polar surface area (TPSA) is 82.6 Å². The highest BCUT2D eigenvalue weighted by atomic mass is 32.2. The Kier molecular flexibility index (Phi) is 5.82. The van der Waals surface area contributed by atoms with E-state index in [0.717, 1.165) is 25.9 Å². The van der Waals surface area contributed by atoms with Crippen LogP contribution in [0.5, 0.6) is 0 Å². The van der Waals surface area contributed by atoms with Crippen molar-refractivity contribution in [2.24, 2.45) is 11.8 Å². The minimum atomic E-state index is -3.06. The second kappa shape index (κ2) is 7.92. The first-order valence-electron chi connectivity index (χ1n) is 9.36. The average molecular weight is 381 g/mol. The van der Waals surface area contributed by atoms with E-state index in [1.807, 2.05) is 17.0 Å². The van der Waals surface area contributed by atoms with E-state index in [0.29, 0.717) is 42.9 Å². The predicted octanol–water partition coefficient (Wildman–Crippen LogP) is 1.65. The Labute approximate surface area is 155 Å². The van der Waals surface area contributed by atoms with Gasteiger partial charge in [-0.25, -0.2) is 17.7 Å². The molecular weight excluding hydrogens is 352 g/mol. The zero-order valence-electron chi connectivity index (χ0n) is 15.5. The third-order valence-corrected chi connectivity index (χ3v) is 7.15. The highest BCUT2D eigenvalue weighted by molar-refractivity contribution is 7.89. The van der Waals surface area contributed by atoms with Crippen molar-refractivity contribution in [1.29, 1.82) is 0 Å². The Morgan fingerprint density at radius 1 is 1.27 bits per heavy atom. The summed E-state index contributed by atoms with van der Waals surface area (Å²) in [5.41, 5.74) is 0.619. The standard InChI is InChI=1S/C18H28N4O3S/c1-3-26(24,25)22-12-15(13-22)10-19-17-5-4-16(11-20-17)18(23)21-8-6-14(2)7-9-21/h4-5,11,14-15H,3,6-10,12-13H2,1-2H3,(H,19,20). The lowest BCUT2D eigenvalue weighted by molar-refractivity contribution is 0.0697. The van der Waals surface area contributed by atoms with Crippen LogP contribution >= 0.6 is 0 Å². The molecule has 7 nitrogen and oxygen atoms in total. The molecule has 3 heterocycles. The van der Waals surface area contributed by atoms with Crippen LogP contribution in [0, 0.1) is 11.8 Å². The maximum Gasteiger partial charge on any atom is 0.255 e. The zero-order valence-corrected chi connectivity index (χ0v) is 16.3. The number of likely N-dealkylation sites (tertiary alicyclic amines) is 1. The van der Waals surface area contributed by atoms with Gasteiger partial charge >= 0.3 is 0 Å². The maximum absolute atomic E-state index is 12.5. The predicted molar refractivity (Wildman–Crippen MR) is 102 cm³/mol. The van der Waals surface area contributed by atoms with Crippen LogP contribution in [-0.4, -0.2) is 67.0 Å². The van der Waals surface area contributed by atoms with E-state index < -0.39 is 10.0 Å². The van der Waals surface area contributed by atoms with Gasteiger partial charge in [0.15, 0.2) is 0 Å². The first-order valence-corrected chi connectivity index (χ1v) is 11.0. The van der Waals surface area contributed by atoms with Gasteiger partial charge in [0.1, 0.15) is 5.82 Å². The first kappa shape index (κ1) is 19.1. The van der Waals surface area contributed by atoms with E-state index in [1.54, 1.807) is 13.1 Å². The van der Waals surface area contributed by atoms with Crippen molar-refractivity contribution >= 4 is 21.7 Å². The molecule has 3 rings (SSSR count). The number of pyridine rings is 1. The van der Waals surface area contributed by atoms with Gasteiger partial charge in [0.05, 0.1) is 11.3 Å². The Morgan fingerprint density at radius 2 is 1.96 bits per heavy atom. The molecule has 0 spiro atoms. The van der Waals surface area contributed by atoms with Crippen molar-refractivity contribution in [1.82, 2.24) is 14.2 Å². The maximum atomic E-state index is 12.5. The summed E-state index contributed by atoms with van der Waals surface area (Å²) in [5, 5.41) is 3.23. The van der Waals surface area contributed by atoms with Crippen molar-refractivity contribution < 1.29 is 13.2 Å². The molecule has 1 N–H and O–H groups in total. The lowest BCUT2D eigenvalue weighted by atomic mass is 9.99. The van der Waals surface area contributed by atoms with Crippen LogP contribution in [0.2, 0.25) is 0 Å². The number of hydrogen-bond donors (Lipinski definition) is 1. The molecular formula is C18H28N4O3S. The molecule has 144 valence electrons. The van der Waals surface area contributed by atoms with Crippen LogP contribution in [0.25, 0.3) is 0 Å². The summed E-state index contributed by atoms with van der Waals surface area (Å²) >= 11 is 0. The van der Waals surface area contributed by atoms with E-state index in [-0.39, 0.29) is 11.7 Å². The zero-order chi connectivity index (χ0) is 18.7. The van der Waals surface area contributed by atoms with Gasteiger partial charge in [0.2, 0.25) is 10.0 Å². The van der Waals surface area contributed by atoms with Gasteiger partial charge in [0, 0.05) is 44.8 Å². The van der Waals surface area contributed by atoms with E-state index in [4.69, 9.17) is 0 Å². The van der Waals surface area contributed by atoms with E-state index >= 15 is 0 Å². The lowest BCUT2D eigenvalue weighted by Crippen LogP contribution is -2.52. The number of anilines is 1. The normalized spacial score (nSPS) is 20.0. The molecule has 1 aromatic heterocycles. The Bertz CT molecular complexity index is 721. The van der Waals surface area contributed by atoms with Crippen molar-refractivity contribution in [3.8, 4) is 0 Å². The third-order valence-electron chi connectivity index (χ3n) is 5.33. The molecule has 2 aliphatic rings. The fourth-order valence-corrected chi connectivity index (χ4v) is 4.57. The number of piperidine rings is 1. The summed E-state index contributed by atoms with van der Waals surface area (Å²) < 4.78 is 24.9. The van der Waals surface area contributed by atoms with Crippen LogP contribution < -0.4 is 5.32 Å². The lowest BCUT2D eigenvalue weighted by Gasteiger charge is -2.38. The van der Waals surface area contributed by atoms with Gasteiger partial charge in [-0.2, -0.15) is 0 Å². The molecule has 0 saturated carbocycles. The van der Waals surface area contributed by atoms with Crippen molar-refractivity contribution in [2.75, 3.05) is 43.8 Å². The molecule has 2 aliphatic heterocycles. The number of amides is 1. The van der Waals surface area contributed by atoms with Gasteiger partial charge in [-0.05, 0) is 37.8 Å². The van der Waals surface area contributed by atoms with Crippen LogP contribution in [-0.2, 0) is 10.0 Å². The van der Waals surface area contributed by atoms with Gasteiger partial charge in [-0.3, -0.25) is 4.79 Å². The molecule has 1 aromatic rings. The molecule has 0 bridgehead atoms. The Hall–Kier alpha value is -1.67. The van der Waals surface area contributed by atoms with Crippen LogP contribution in [0.4, 0.5) is 5.82 Å². The molecule has 2 fully saturated rings.